The van der Waals surface area contributed by atoms with Crippen LogP contribution < -0.4 is 23.8 Å². The van der Waals surface area contributed by atoms with Crippen molar-refractivity contribution in [3.63, 3.8) is 0 Å². The van der Waals surface area contributed by atoms with Crippen molar-refractivity contribution >= 4 is 34.7 Å². The summed E-state index contributed by atoms with van der Waals surface area (Å²) in [5.41, 5.74) is 1.08. The zero-order valence-corrected chi connectivity index (χ0v) is 22.2. The van der Waals surface area contributed by atoms with Crippen molar-refractivity contribution in [3.05, 3.63) is 82.4 Å². The second-order valence-electron chi connectivity index (χ2n) is 8.29. The van der Waals surface area contributed by atoms with Gasteiger partial charge in [0, 0.05) is 11.8 Å². The van der Waals surface area contributed by atoms with Crippen LogP contribution in [0.2, 0.25) is 5.02 Å². The van der Waals surface area contributed by atoms with Crippen LogP contribution in [0.3, 0.4) is 0 Å². The van der Waals surface area contributed by atoms with Crippen LogP contribution in [0.4, 0.5) is 5.69 Å². The molecule has 1 aliphatic rings. The third kappa shape index (κ3) is 4.99. The minimum atomic E-state index is -0.959. The second-order valence-corrected chi connectivity index (χ2v) is 8.70. The van der Waals surface area contributed by atoms with Crippen molar-refractivity contribution in [3.8, 4) is 23.0 Å². The third-order valence-corrected chi connectivity index (χ3v) is 6.38. The summed E-state index contributed by atoms with van der Waals surface area (Å²) in [6, 6.07) is 15.9. The largest absolute Gasteiger partial charge is 0.507 e. The Bertz CT molecular complexity index is 1380. The van der Waals surface area contributed by atoms with Crippen LogP contribution in [-0.2, 0) is 9.59 Å². The molecule has 0 saturated carbocycles. The highest BCUT2D eigenvalue weighted by molar-refractivity contribution is 6.51. The van der Waals surface area contributed by atoms with Gasteiger partial charge in [-0.15, -0.1) is 0 Å². The van der Waals surface area contributed by atoms with Crippen LogP contribution in [0.1, 0.15) is 31.0 Å². The molecule has 1 aliphatic heterocycles. The number of rotatable bonds is 9. The number of benzene rings is 3. The molecule has 1 atom stereocenters. The van der Waals surface area contributed by atoms with E-state index < -0.39 is 23.5 Å². The molecule has 1 fully saturated rings. The average molecular weight is 538 g/mol. The van der Waals surface area contributed by atoms with Gasteiger partial charge in [-0.05, 0) is 61.9 Å². The highest BCUT2D eigenvalue weighted by Crippen LogP contribution is 2.45. The fourth-order valence-electron chi connectivity index (χ4n) is 4.42. The maximum absolute atomic E-state index is 13.5. The van der Waals surface area contributed by atoms with Crippen LogP contribution in [0, 0.1) is 0 Å². The van der Waals surface area contributed by atoms with Gasteiger partial charge in [-0.1, -0.05) is 23.7 Å². The third-order valence-electron chi connectivity index (χ3n) is 6.08. The molecule has 4 rings (SSSR count). The molecule has 38 heavy (non-hydrogen) atoms. The van der Waals surface area contributed by atoms with Crippen molar-refractivity contribution in [1.82, 2.24) is 0 Å². The summed E-state index contributed by atoms with van der Waals surface area (Å²) in [4.78, 5) is 28.4. The maximum atomic E-state index is 13.5. The molecule has 0 radical (unpaired) electrons. The Balaban J connectivity index is 1.96. The molecule has 3 aromatic carbocycles. The Morgan fingerprint density at radius 2 is 1.55 bits per heavy atom. The summed E-state index contributed by atoms with van der Waals surface area (Å²) in [6.45, 7) is 4.65. The van der Waals surface area contributed by atoms with E-state index in [4.69, 9.17) is 30.5 Å². The van der Waals surface area contributed by atoms with Gasteiger partial charge in [-0.25, -0.2) is 0 Å². The molecule has 1 unspecified atom stereocenters. The highest BCUT2D eigenvalue weighted by Gasteiger charge is 2.47. The molecule has 1 saturated heterocycles. The van der Waals surface area contributed by atoms with Crippen molar-refractivity contribution < 1.29 is 33.6 Å². The first-order valence-electron chi connectivity index (χ1n) is 12.0. The van der Waals surface area contributed by atoms with Gasteiger partial charge in [0.2, 0.25) is 0 Å². The van der Waals surface area contributed by atoms with E-state index in [1.54, 1.807) is 48.5 Å². The van der Waals surface area contributed by atoms with Gasteiger partial charge in [0.1, 0.15) is 28.8 Å². The Morgan fingerprint density at radius 3 is 2.18 bits per heavy atom. The van der Waals surface area contributed by atoms with E-state index in [1.807, 2.05) is 13.8 Å². The van der Waals surface area contributed by atoms with Gasteiger partial charge in [0.05, 0.1) is 49.6 Å². The normalized spacial score (nSPS) is 16.4. The van der Waals surface area contributed by atoms with E-state index in [2.05, 4.69) is 0 Å². The van der Waals surface area contributed by atoms with E-state index in [-0.39, 0.29) is 27.7 Å². The molecule has 198 valence electrons. The number of carbonyl (C=O) groups is 2. The van der Waals surface area contributed by atoms with E-state index in [0.717, 1.165) is 0 Å². The topological polar surface area (TPSA) is 94.5 Å². The summed E-state index contributed by atoms with van der Waals surface area (Å²) in [6.07, 6.45) is 0. The number of halogens is 1. The van der Waals surface area contributed by atoms with Crippen molar-refractivity contribution in [2.75, 3.05) is 32.3 Å². The molecule has 0 bridgehead atoms. The first-order chi connectivity index (χ1) is 18.3. The molecule has 1 amide bonds. The summed E-state index contributed by atoms with van der Waals surface area (Å²) in [7, 11) is 2.85. The molecule has 0 spiro atoms. The SMILES string of the molecule is CCOc1ccc(N2C(=O)C(=O)/C(=C(/O)c3cc(OC)c(Cl)cc3OC)C2c2cccc(OCC)c2)cc1. The Labute approximate surface area is 225 Å². The fourth-order valence-corrected chi connectivity index (χ4v) is 4.65. The van der Waals surface area contributed by atoms with Crippen molar-refractivity contribution in [2.45, 2.75) is 19.9 Å². The van der Waals surface area contributed by atoms with Crippen molar-refractivity contribution in [1.29, 1.82) is 0 Å². The van der Waals surface area contributed by atoms with Gasteiger partial charge < -0.3 is 24.1 Å². The lowest BCUT2D eigenvalue weighted by Gasteiger charge is -2.26. The molecule has 0 aromatic heterocycles. The first-order valence-corrected chi connectivity index (χ1v) is 12.4. The van der Waals surface area contributed by atoms with Crippen LogP contribution in [-0.4, -0.2) is 44.2 Å². The number of hydrogen-bond acceptors (Lipinski definition) is 7. The predicted octanol–water partition coefficient (Wildman–Crippen LogP) is 5.78. The van der Waals surface area contributed by atoms with Gasteiger partial charge in [0.15, 0.2) is 0 Å². The number of carbonyl (C=O) groups excluding carboxylic acids is 2. The monoisotopic (exact) mass is 537 g/mol. The number of nitrogens with zero attached hydrogens (tertiary/aromatic N) is 1. The molecule has 8 nitrogen and oxygen atoms in total. The van der Waals surface area contributed by atoms with Crippen LogP contribution >= 0.6 is 11.6 Å². The number of hydrogen-bond donors (Lipinski definition) is 1. The first kappa shape index (κ1) is 26.9. The molecule has 3 aromatic rings. The number of methoxy groups -OCH3 is 2. The van der Waals surface area contributed by atoms with Gasteiger partial charge in [0.25, 0.3) is 11.7 Å². The van der Waals surface area contributed by atoms with E-state index in [1.165, 1.54) is 31.3 Å². The summed E-state index contributed by atoms with van der Waals surface area (Å²) < 4.78 is 21.9. The molecule has 9 heteroatoms. The second kappa shape index (κ2) is 11.5. The fraction of sp³-hybridized carbons (Fsp3) is 0.241. The highest BCUT2D eigenvalue weighted by atomic mass is 35.5. The smallest absolute Gasteiger partial charge is 0.300 e. The maximum Gasteiger partial charge on any atom is 0.300 e. The van der Waals surface area contributed by atoms with Gasteiger partial charge >= 0.3 is 0 Å². The zero-order valence-electron chi connectivity index (χ0n) is 21.5. The minimum absolute atomic E-state index is 0.111. The van der Waals surface area contributed by atoms with E-state index >= 15 is 0 Å². The Hall–Kier alpha value is -4.17. The minimum Gasteiger partial charge on any atom is -0.507 e. The lowest BCUT2D eigenvalue weighted by molar-refractivity contribution is -0.132. The number of aliphatic hydroxyl groups is 1. The summed E-state index contributed by atoms with van der Waals surface area (Å²) in [5, 5.41) is 11.8. The summed E-state index contributed by atoms with van der Waals surface area (Å²) in [5.74, 6) is -0.391. The number of aliphatic hydroxyl groups excluding tert-OH is 1. The quantitative estimate of drug-likeness (QED) is 0.210. The number of amides is 1. The number of ether oxygens (including phenoxy) is 4. The Kier molecular flexibility index (Phi) is 8.12. The zero-order chi connectivity index (χ0) is 27.4. The average Bonchev–Trinajstić information content (AvgIpc) is 3.19. The number of anilines is 1. The van der Waals surface area contributed by atoms with Gasteiger partial charge in [-0.3, -0.25) is 14.5 Å². The summed E-state index contributed by atoms with van der Waals surface area (Å²) >= 11 is 6.25. The molecule has 0 aliphatic carbocycles. The predicted molar refractivity (Wildman–Crippen MR) is 145 cm³/mol. The lowest BCUT2D eigenvalue weighted by Crippen LogP contribution is -2.29. The van der Waals surface area contributed by atoms with Gasteiger partial charge in [-0.2, -0.15) is 0 Å². The standard InChI is InChI=1S/C29H28ClNO7/c1-5-37-19-12-10-18(11-13-19)31-26(17-8-7-9-20(14-17)38-6-2)25(28(33)29(31)34)27(32)21-15-24(36-4)22(30)16-23(21)35-3/h7-16,26,32H,5-6H2,1-4H3/b27-25+. The molecule has 1 heterocycles. The van der Waals surface area contributed by atoms with Crippen molar-refractivity contribution in [2.24, 2.45) is 0 Å². The van der Waals surface area contributed by atoms with Crippen LogP contribution in [0.25, 0.3) is 5.76 Å². The number of Topliss-reactive ketones (excluding diaryl/α,β-unsaturated/α-hetero) is 1. The molecular formula is C29H28ClNO7. The molecular weight excluding hydrogens is 510 g/mol. The Morgan fingerprint density at radius 1 is 0.895 bits per heavy atom. The van der Waals surface area contributed by atoms with E-state index in [0.29, 0.717) is 36.0 Å². The van der Waals surface area contributed by atoms with E-state index in [9.17, 15) is 14.7 Å². The van der Waals surface area contributed by atoms with Crippen LogP contribution in [0.5, 0.6) is 23.0 Å². The van der Waals surface area contributed by atoms with Crippen LogP contribution in [0.15, 0.2) is 66.2 Å². The molecule has 1 N–H and O–H groups in total. The lowest BCUT2D eigenvalue weighted by atomic mass is 9.94. The number of ketones is 1.